The largest absolute Gasteiger partial charge is 0.355 e. The molecule has 208 valence electrons. The number of hydrogen-bond acceptors (Lipinski definition) is 1. The lowest BCUT2D eigenvalue weighted by molar-refractivity contribution is 0.332. The van der Waals surface area contributed by atoms with E-state index in [2.05, 4.69) is 136 Å². The van der Waals surface area contributed by atoms with Crippen molar-refractivity contribution in [3.8, 4) is 11.1 Å². The molecule has 0 fully saturated rings. The zero-order valence-corrected chi connectivity index (χ0v) is 26.5. The fraction of sp³-hybridized carbons (Fsp3) is 0.526. The number of hydrogen-bond donors (Lipinski definition) is 1. The summed E-state index contributed by atoms with van der Waals surface area (Å²) in [4.78, 5) is 0. The average molecular weight is 522 g/mol. The lowest BCUT2D eigenvalue weighted by Gasteiger charge is -2.43. The topological polar surface area (TPSA) is 12.0 Å². The molecular weight excluding hydrogens is 470 g/mol. The lowest BCUT2D eigenvalue weighted by atomic mass is 9.62. The third-order valence-electron chi connectivity index (χ3n) is 10.2. The van der Waals surface area contributed by atoms with E-state index in [1.807, 2.05) is 0 Å². The van der Waals surface area contributed by atoms with Gasteiger partial charge in [0.25, 0.3) is 0 Å². The molecule has 0 spiro atoms. The van der Waals surface area contributed by atoms with Crippen LogP contribution in [0.2, 0.25) is 0 Å². The fourth-order valence-corrected chi connectivity index (χ4v) is 6.93. The van der Waals surface area contributed by atoms with E-state index in [1.165, 1.54) is 76.0 Å². The predicted molar refractivity (Wildman–Crippen MR) is 171 cm³/mol. The van der Waals surface area contributed by atoms with E-state index in [0.717, 1.165) is 0 Å². The minimum absolute atomic E-state index is 0.144. The summed E-state index contributed by atoms with van der Waals surface area (Å²) in [5.41, 5.74) is 13.3. The molecule has 2 aliphatic carbocycles. The standard InChI is InChI=1S/C38H51N/c1-34(2,3)26-14-12-25(13-15-26)28-23-31-32(38(10,11)21-20-37(31,8)9)24-33(28)39-27-16-17-29-30(22-27)36(6,7)19-18-35(29,4)5/h12-17,22-24,39H,18-21H2,1-11H3. The molecule has 0 radical (unpaired) electrons. The second-order valence-corrected chi connectivity index (χ2v) is 16.2. The Morgan fingerprint density at radius 2 is 1.00 bits per heavy atom. The van der Waals surface area contributed by atoms with Crippen molar-refractivity contribution in [2.24, 2.45) is 0 Å². The lowest BCUT2D eigenvalue weighted by Crippen LogP contribution is -2.34. The van der Waals surface area contributed by atoms with Gasteiger partial charge in [0.05, 0.1) is 0 Å². The first-order chi connectivity index (χ1) is 17.9. The van der Waals surface area contributed by atoms with Gasteiger partial charge in [-0.25, -0.2) is 0 Å². The first-order valence-corrected chi connectivity index (χ1v) is 15.1. The van der Waals surface area contributed by atoms with Crippen LogP contribution in [0.25, 0.3) is 11.1 Å². The molecule has 0 saturated carbocycles. The average Bonchev–Trinajstić information content (AvgIpc) is 2.84. The number of benzene rings is 3. The highest BCUT2D eigenvalue weighted by molar-refractivity contribution is 5.83. The van der Waals surface area contributed by atoms with Crippen molar-refractivity contribution in [1.29, 1.82) is 0 Å². The van der Waals surface area contributed by atoms with E-state index in [1.54, 1.807) is 0 Å². The molecule has 0 bridgehead atoms. The highest BCUT2D eigenvalue weighted by Crippen LogP contribution is 2.50. The molecule has 2 aliphatic rings. The second kappa shape index (κ2) is 8.98. The van der Waals surface area contributed by atoms with Gasteiger partial charge in [-0.2, -0.15) is 0 Å². The van der Waals surface area contributed by atoms with E-state index in [9.17, 15) is 0 Å². The Balaban J connectivity index is 1.67. The van der Waals surface area contributed by atoms with Gasteiger partial charge in [-0.3, -0.25) is 0 Å². The maximum Gasteiger partial charge on any atom is 0.0467 e. The summed E-state index contributed by atoms with van der Waals surface area (Å²) >= 11 is 0. The summed E-state index contributed by atoms with van der Waals surface area (Å²) in [5, 5.41) is 3.95. The summed E-state index contributed by atoms with van der Waals surface area (Å²) in [6.07, 6.45) is 4.90. The highest BCUT2D eigenvalue weighted by atomic mass is 14.9. The number of anilines is 2. The first kappa shape index (κ1) is 28.0. The van der Waals surface area contributed by atoms with Gasteiger partial charge >= 0.3 is 0 Å². The van der Waals surface area contributed by atoms with Crippen molar-refractivity contribution >= 4 is 11.4 Å². The Morgan fingerprint density at radius 3 is 1.51 bits per heavy atom. The molecule has 1 N–H and O–H groups in total. The van der Waals surface area contributed by atoms with Gasteiger partial charge in [-0.05, 0) is 110 Å². The van der Waals surface area contributed by atoms with Crippen LogP contribution in [0.4, 0.5) is 11.4 Å². The third-order valence-corrected chi connectivity index (χ3v) is 10.2. The second-order valence-electron chi connectivity index (χ2n) is 16.2. The van der Waals surface area contributed by atoms with Crippen LogP contribution in [0.1, 0.15) is 130 Å². The molecule has 1 nitrogen and oxygen atoms in total. The Morgan fingerprint density at radius 1 is 0.538 bits per heavy atom. The van der Waals surface area contributed by atoms with Crippen molar-refractivity contribution in [3.63, 3.8) is 0 Å². The van der Waals surface area contributed by atoms with Crippen LogP contribution in [0, 0.1) is 0 Å². The number of rotatable bonds is 3. The molecule has 0 amide bonds. The molecule has 5 rings (SSSR count). The summed E-state index contributed by atoms with van der Waals surface area (Å²) in [6.45, 7) is 26.2. The molecule has 39 heavy (non-hydrogen) atoms. The summed E-state index contributed by atoms with van der Waals surface area (Å²) < 4.78 is 0. The fourth-order valence-electron chi connectivity index (χ4n) is 6.93. The molecule has 1 heteroatoms. The van der Waals surface area contributed by atoms with Gasteiger partial charge in [0.15, 0.2) is 0 Å². The summed E-state index contributed by atoms with van der Waals surface area (Å²) in [6, 6.07) is 21.4. The molecule has 0 unspecified atom stereocenters. The van der Waals surface area contributed by atoms with Crippen molar-refractivity contribution in [2.75, 3.05) is 5.32 Å². The Labute approximate surface area is 238 Å². The highest BCUT2D eigenvalue weighted by Gasteiger charge is 2.39. The van der Waals surface area contributed by atoms with Crippen LogP contribution in [0.15, 0.2) is 54.6 Å². The quantitative estimate of drug-likeness (QED) is 0.361. The minimum Gasteiger partial charge on any atom is -0.355 e. The maximum absolute atomic E-state index is 3.95. The van der Waals surface area contributed by atoms with E-state index < -0.39 is 0 Å². The van der Waals surface area contributed by atoms with Crippen molar-refractivity contribution in [2.45, 2.75) is 129 Å². The zero-order chi connectivity index (χ0) is 28.6. The van der Waals surface area contributed by atoms with Crippen molar-refractivity contribution in [1.82, 2.24) is 0 Å². The van der Waals surface area contributed by atoms with Crippen LogP contribution in [-0.4, -0.2) is 0 Å². The minimum atomic E-state index is 0.144. The predicted octanol–water partition coefficient (Wildman–Crippen LogP) is 11.1. The zero-order valence-electron chi connectivity index (χ0n) is 26.5. The third kappa shape index (κ3) is 5.07. The molecule has 0 aliphatic heterocycles. The molecule has 0 atom stereocenters. The van der Waals surface area contributed by atoms with Gasteiger partial charge in [-0.15, -0.1) is 0 Å². The summed E-state index contributed by atoms with van der Waals surface area (Å²) in [5.74, 6) is 0. The molecule has 0 saturated heterocycles. The van der Waals surface area contributed by atoms with Gasteiger partial charge in [-0.1, -0.05) is 106 Å². The SMILES string of the molecule is CC(C)(C)c1ccc(-c2cc3c(cc2Nc2ccc4c(c2)C(C)(C)CCC4(C)C)C(C)(C)CCC3(C)C)cc1. The van der Waals surface area contributed by atoms with Crippen LogP contribution in [-0.2, 0) is 27.1 Å². The maximum atomic E-state index is 3.95. The van der Waals surface area contributed by atoms with E-state index in [0.29, 0.717) is 0 Å². The van der Waals surface area contributed by atoms with E-state index in [-0.39, 0.29) is 27.1 Å². The molecule has 0 heterocycles. The van der Waals surface area contributed by atoms with E-state index >= 15 is 0 Å². The van der Waals surface area contributed by atoms with Gasteiger partial charge < -0.3 is 5.32 Å². The van der Waals surface area contributed by atoms with Crippen molar-refractivity contribution in [3.05, 3.63) is 82.4 Å². The van der Waals surface area contributed by atoms with Gasteiger partial charge in [0.2, 0.25) is 0 Å². The van der Waals surface area contributed by atoms with Crippen LogP contribution >= 0.6 is 0 Å². The van der Waals surface area contributed by atoms with Crippen LogP contribution in [0.5, 0.6) is 0 Å². The molecule has 3 aromatic rings. The van der Waals surface area contributed by atoms with Crippen molar-refractivity contribution < 1.29 is 0 Å². The molecular formula is C38H51N. The van der Waals surface area contributed by atoms with Crippen LogP contribution in [0.3, 0.4) is 0 Å². The van der Waals surface area contributed by atoms with E-state index in [4.69, 9.17) is 0 Å². The Hall–Kier alpha value is -2.54. The smallest absolute Gasteiger partial charge is 0.0467 e. The summed E-state index contributed by atoms with van der Waals surface area (Å²) in [7, 11) is 0. The Bertz CT molecular complexity index is 1390. The van der Waals surface area contributed by atoms with Gasteiger partial charge in [0, 0.05) is 16.9 Å². The van der Waals surface area contributed by atoms with Crippen LogP contribution < -0.4 is 5.32 Å². The molecule has 0 aromatic heterocycles. The monoisotopic (exact) mass is 521 g/mol. The number of fused-ring (bicyclic) bond motifs is 2. The van der Waals surface area contributed by atoms with Gasteiger partial charge in [0.1, 0.15) is 0 Å². The first-order valence-electron chi connectivity index (χ1n) is 15.1. The molecule has 3 aromatic carbocycles. The number of nitrogens with one attached hydrogen (secondary N) is 1. The normalized spacial score (nSPS) is 20.6. The Kier molecular flexibility index (Phi) is 6.45.